The van der Waals surface area contributed by atoms with Crippen LogP contribution >= 0.6 is 0 Å². The van der Waals surface area contributed by atoms with Gasteiger partial charge in [-0.2, -0.15) is 5.26 Å². The molecule has 1 aromatic carbocycles. The highest BCUT2D eigenvalue weighted by Gasteiger charge is 2.26. The molecule has 2 aliphatic rings. The van der Waals surface area contributed by atoms with Crippen LogP contribution < -0.4 is 4.90 Å². The molecule has 2 aliphatic heterocycles. The topological polar surface area (TPSA) is 47.3 Å². The first-order valence-corrected chi connectivity index (χ1v) is 8.40. The smallest absolute Gasteiger partial charge is 0.222 e. The van der Waals surface area contributed by atoms with Gasteiger partial charge in [0.05, 0.1) is 11.3 Å². The van der Waals surface area contributed by atoms with E-state index < -0.39 is 0 Å². The van der Waals surface area contributed by atoms with Crippen molar-refractivity contribution in [2.75, 3.05) is 31.1 Å². The van der Waals surface area contributed by atoms with Crippen LogP contribution in [-0.2, 0) is 4.79 Å². The lowest BCUT2D eigenvalue weighted by Gasteiger charge is -2.34. The number of carbonyl (C=O) groups excluding carboxylic acids is 1. The maximum absolute atomic E-state index is 13.2. The quantitative estimate of drug-likeness (QED) is 0.861. The van der Waals surface area contributed by atoms with Crippen LogP contribution in [0.5, 0.6) is 0 Å². The standard InChI is InChI=1S/C18H22FN3O/c19-16-3-4-17(15(12-16)13-20)21-9-5-14(6-10-21)11-18(23)22-7-1-2-8-22/h3-4,12,14H,1-2,5-11H2. The molecule has 0 unspecified atom stereocenters. The van der Waals surface area contributed by atoms with E-state index >= 15 is 0 Å². The van der Waals surface area contributed by atoms with Gasteiger partial charge < -0.3 is 9.80 Å². The van der Waals surface area contributed by atoms with Crippen molar-refractivity contribution in [3.05, 3.63) is 29.6 Å². The van der Waals surface area contributed by atoms with E-state index in [1.54, 1.807) is 6.07 Å². The first kappa shape index (κ1) is 15.8. The molecule has 3 rings (SSSR count). The second kappa shape index (κ2) is 6.99. The van der Waals surface area contributed by atoms with Crippen LogP contribution in [0.15, 0.2) is 18.2 Å². The highest BCUT2D eigenvalue weighted by atomic mass is 19.1. The lowest BCUT2D eigenvalue weighted by Crippen LogP contribution is -2.37. The number of piperidine rings is 1. The van der Waals surface area contributed by atoms with E-state index in [4.69, 9.17) is 0 Å². The zero-order chi connectivity index (χ0) is 16.2. The number of halogens is 1. The molecule has 2 heterocycles. The molecule has 0 aromatic heterocycles. The van der Waals surface area contributed by atoms with Gasteiger partial charge in [-0.05, 0) is 49.8 Å². The number of rotatable bonds is 3. The van der Waals surface area contributed by atoms with Gasteiger partial charge in [-0.1, -0.05) is 0 Å². The number of hydrogen-bond acceptors (Lipinski definition) is 3. The van der Waals surface area contributed by atoms with Crippen LogP contribution in [0.4, 0.5) is 10.1 Å². The summed E-state index contributed by atoms with van der Waals surface area (Å²) in [4.78, 5) is 16.4. The van der Waals surface area contributed by atoms with Crippen molar-refractivity contribution in [2.45, 2.75) is 32.1 Å². The lowest BCUT2D eigenvalue weighted by molar-refractivity contribution is -0.131. The van der Waals surface area contributed by atoms with E-state index in [1.165, 1.54) is 12.1 Å². The summed E-state index contributed by atoms with van der Waals surface area (Å²) in [6.45, 7) is 3.47. The van der Waals surface area contributed by atoms with E-state index in [9.17, 15) is 14.4 Å². The zero-order valence-corrected chi connectivity index (χ0v) is 13.3. The van der Waals surface area contributed by atoms with Crippen molar-refractivity contribution < 1.29 is 9.18 Å². The molecule has 0 bridgehead atoms. The van der Waals surface area contributed by atoms with E-state index in [2.05, 4.69) is 11.0 Å². The summed E-state index contributed by atoms with van der Waals surface area (Å²) in [5.74, 6) is 0.335. The number of hydrogen-bond donors (Lipinski definition) is 0. The normalized spacial score (nSPS) is 19.0. The van der Waals surface area contributed by atoms with Crippen molar-refractivity contribution >= 4 is 11.6 Å². The number of amides is 1. The molecule has 0 N–H and O–H groups in total. The second-order valence-corrected chi connectivity index (χ2v) is 6.50. The fourth-order valence-corrected chi connectivity index (χ4v) is 3.59. The average molecular weight is 315 g/mol. The minimum atomic E-state index is -0.378. The Kier molecular flexibility index (Phi) is 4.80. The SMILES string of the molecule is N#Cc1cc(F)ccc1N1CCC(CC(=O)N2CCCC2)CC1. The molecule has 5 heteroatoms. The highest BCUT2D eigenvalue weighted by molar-refractivity contribution is 5.76. The minimum Gasteiger partial charge on any atom is -0.370 e. The van der Waals surface area contributed by atoms with Gasteiger partial charge in [-0.15, -0.1) is 0 Å². The summed E-state index contributed by atoms with van der Waals surface area (Å²) in [6, 6.07) is 6.45. The molecular formula is C18H22FN3O. The largest absolute Gasteiger partial charge is 0.370 e. The van der Waals surface area contributed by atoms with E-state index in [0.717, 1.165) is 57.5 Å². The molecule has 0 aliphatic carbocycles. The Morgan fingerprint density at radius 3 is 2.57 bits per heavy atom. The van der Waals surface area contributed by atoms with E-state index in [-0.39, 0.29) is 5.82 Å². The molecule has 122 valence electrons. The van der Waals surface area contributed by atoms with Crippen molar-refractivity contribution in [1.82, 2.24) is 4.90 Å². The lowest BCUT2D eigenvalue weighted by atomic mass is 9.92. The Morgan fingerprint density at radius 1 is 1.22 bits per heavy atom. The second-order valence-electron chi connectivity index (χ2n) is 6.50. The molecule has 2 saturated heterocycles. The number of nitriles is 1. The number of nitrogens with zero attached hydrogens (tertiary/aromatic N) is 3. The van der Waals surface area contributed by atoms with Crippen molar-refractivity contribution in [2.24, 2.45) is 5.92 Å². The third kappa shape index (κ3) is 3.64. The molecule has 1 amide bonds. The Morgan fingerprint density at radius 2 is 1.91 bits per heavy atom. The van der Waals surface area contributed by atoms with Crippen molar-refractivity contribution in [3.63, 3.8) is 0 Å². The summed E-state index contributed by atoms with van der Waals surface area (Å²) >= 11 is 0. The number of likely N-dealkylation sites (tertiary alicyclic amines) is 1. The van der Waals surface area contributed by atoms with Crippen LogP contribution in [0.25, 0.3) is 0 Å². The van der Waals surface area contributed by atoms with Crippen LogP contribution in [0.3, 0.4) is 0 Å². The molecule has 0 radical (unpaired) electrons. The van der Waals surface area contributed by atoms with E-state index in [0.29, 0.717) is 23.8 Å². The van der Waals surface area contributed by atoms with Crippen molar-refractivity contribution in [3.8, 4) is 6.07 Å². The fraction of sp³-hybridized carbons (Fsp3) is 0.556. The van der Waals surface area contributed by atoms with Crippen LogP contribution in [0, 0.1) is 23.1 Å². The van der Waals surface area contributed by atoms with Gasteiger partial charge in [-0.3, -0.25) is 4.79 Å². The fourth-order valence-electron chi connectivity index (χ4n) is 3.59. The Labute approximate surface area is 136 Å². The molecule has 0 atom stereocenters. The third-order valence-corrected chi connectivity index (χ3v) is 4.96. The Hall–Kier alpha value is -2.09. The van der Waals surface area contributed by atoms with Gasteiger partial charge in [0.15, 0.2) is 0 Å². The molecule has 0 spiro atoms. The van der Waals surface area contributed by atoms with Crippen molar-refractivity contribution in [1.29, 1.82) is 5.26 Å². The minimum absolute atomic E-state index is 0.292. The zero-order valence-electron chi connectivity index (χ0n) is 13.3. The van der Waals surface area contributed by atoms with Gasteiger partial charge in [0, 0.05) is 32.6 Å². The third-order valence-electron chi connectivity index (χ3n) is 4.96. The number of benzene rings is 1. The monoisotopic (exact) mass is 315 g/mol. The first-order valence-electron chi connectivity index (χ1n) is 8.40. The molecular weight excluding hydrogens is 293 g/mol. The van der Waals surface area contributed by atoms with Crippen LogP contribution in [-0.4, -0.2) is 37.0 Å². The summed E-state index contributed by atoms with van der Waals surface area (Å²) in [5, 5.41) is 9.17. The maximum Gasteiger partial charge on any atom is 0.222 e. The first-order chi connectivity index (χ1) is 11.2. The van der Waals surface area contributed by atoms with Crippen LogP contribution in [0.2, 0.25) is 0 Å². The van der Waals surface area contributed by atoms with Gasteiger partial charge in [-0.25, -0.2) is 4.39 Å². The predicted molar refractivity (Wildman–Crippen MR) is 86.5 cm³/mol. The number of anilines is 1. The Balaban J connectivity index is 1.56. The maximum atomic E-state index is 13.2. The predicted octanol–water partition coefficient (Wildman–Crippen LogP) is 2.93. The highest BCUT2D eigenvalue weighted by Crippen LogP contribution is 2.28. The average Bonchev–Trinajstić information content (AvgIpc) is 3.10. The molecule has 1 aromatic rings. The summed E-state index contributed by atoms with van der Waals surface area (Å²) in [6.07, 6.45) is 4.80. The van der Waals surface area contributed by atoms with Gasteiger partial charge in [0.1, 0.15) is 11.9 Å². The number of carbonyl (C=O) groups is 1. The summed E-state index contributed by atoms with van der Waals surface area (Å²) in [5.41, 5.74) is 1.19. The molecule has 0 saturated carbocycles. The molecule has 4 nitrogen and oxygen atoms in total. The molecule has 2 fully saturated rings. The van der Waals surface area contributed by atoms with Gasteiger partial charge in [0.2, 0.25) is 5.91 Å². The molecule has 23 heavy (non-hydrogen) atoms. The van der Waals surface area contributed by atoms with E-state index in [1.807, 2.05) is 4.90 Å². The van der Waals surface area contributed by atoms with Crippen LogP contribution in [0.1, 0.15) is 37.7 Å². The Bertz CT molecular complexity index is 611. The van der Waals surface area contributed by atoms with Gasteiger partial charge in [0.25, 0.3) is 0 Å². The van der Waals surface area contributed by atoms with Gasteiger partial charge >= 0.3 is 0 Å². The summed E-state index contributed by atoms with van der Waals surface area (Å²) in [7, 11) is 0. The summed E-state index contributed by atoms with van der Waals surface area (Å²) < 4.78 is 13.2.